The van der Waals surface area contributed by atoms with Crippen molar-refractivity contribution in [1.82, 2.24) is 20.0 Å². The first-order valence-electron chi connectivity index (χ1n) is 5.18. The molecule has 0 aromatic carbocycles. The van der Waals surface area contributed by atoms with Crippen molar-refractivity contribution in [1.29, 1.82) is 0 Å². The second kappa shape index (κ2) is 4.11. The third-order valence-electron chi connectivity index (χ3n) is 2.76. The molecule has 0 amide bonds. The molecule has 4 nitrogen and oxygen atoms in total. The number of rotatable bonds is 2. The van der Waals surface area contributed by atoms with Crippen molar-refractivity contribution >= 4 is 0 Å². The third-order valence-corrected chi connectivity index (χ3v) is 2.76. The van der Waals surface area contributed by atoms with Crippen LogP contribution in [0.4, 0.5) is 0 Å². The summed E-state index contributed by atoms with van der Waals surface area (Å²) in [5, 5.41) is 7.81. The van der Waals surface area contributed by atoms with Gasteiger partial charge in [-0.3, -0.25) is 9.58 Å². The fourth-order valence-corrected chi connectivity index (χ4v) is 1.81. The van der Waals surface area contributed by atoms with E-state index >= 15 is 0 Å². The van der Waals surface area contributed by atoms with E-state index in [9.17, 15) is 0 Å². The molecule has 0 saturated carbocycles. The van der Waals surface area contributed by atoms with Gasteiger partial charge in [0.1, 0.15) is 0 Å². The predicted molar refractivity (Wildman–Crippen MR) is 56.1 cm³/mol. The van der Waals surface area contributed by atoms with Gasteiger partial charge >= 0.3 is 0 Å². The lowest BCUT2D eigenvalue weighted by Crippen LogP contribution is -2.42. The lowest BCUT2D eigenvalue weighted by atomic mass is 10.3. The van der Waals surface area contributed by atoms with Crippen molar-refractivity contribution < 1.29 is 0 Å². The van der Waals surface area contributed by atoms with Crippen LogP contribution in [0.5, 0.6) is 0 Å². The normalized spacial score (nSPS) is 18.7. The Bertz CT molecular complexity index is 280. The van der Waals surface area contributed by atoms with Crippen LogP contribution < -0.4 is 5.32 Å². The van der Waals surface area contributed by atoms with Crippen LogP contribution in [0.25, 0.3) is 0 Å². The smallest absolute Gasteiger partial charge is 0.0767 e. The zero-order valence-electron chi connectivity index (χ0n) is 8.95. The lowest BCUT2D eigenvalue weighted by Gasteiger charge is -2.26. The summed E-state index contributed by atoms with van der Waals surface area (Å²) in [5.74, 6) is 0. The van der Waals surface area contributed by atoms with E-state index in [1.54, 1.807) is 0 Å². The molecule has 0 aliphatic carbocycles. The first kappa shape index (κ1) is 9.68. The summed E-state index contributed by atoms with van der Waals surface area (Å²) in [5.41, 5.74) is 2.42. The maximum Gasteiger partial charge on any atom is 0.0767 e. The molecule has 2 rings (SSSR count). The van der Waals surface area contributed by atoms with Gasteiger partial charge in [0.25, 0.3) is 0 Å². The summed E-state index contributed by atoms with van der Waals surface area (Å²) in [4.78, 5) is 2.44. The average molecular weight is 194 g/mol. The molecule has 0 radical (unpaired) electrons. The van der Waals surface area contributed by atoms with E-state index in [0.29, 0.717) is 0 Å². The van der Waals surface area contributed by atoms with Crippen molar-refractivity contribution in [2.75, 3.05) is 26.2 Å². The van der Waals surface area contributed by atoms with Crippen molar-refractivity contribution in [2.24, 2.45) is 7.05 Å². The van der Waals surface area contributed by atoms with Gasteiger partial charge in [-0.2, -0.15) is 5.10 Å². The Morgan fingerprint density at radius 3 is 2.71 bits per heavy atom. The highest BCUT2D eigenvalue weighted by Gasteiger charge is 2.11. The SMILES string of the molecule is Cc1cc(CN2CCNCC2)nn1C. The maximum absolute atomic E-state index is 4.46. The third kappa shape index (κ3) is 2.13. The van der Waals surface area contributed by atoms with E-state index in [1.807, 2.05) is 11.7 Å². The number of hydrogen-bond donors (Lipinski definition) is 1. The standard InChI is InChI=1S/C10H18N4/c1-9-7-10(12-13(9)2)8-14-5-3-11-4-6-14/h7,11H,3-6,8H2,1-2H3. The molecule has 0 atom stereocenters. The second-order valence-corrected chi connectivity index (χ2v) is 3.93. The Morgan fingerprint density at radius 2 is 2.14 bits per heavy atom. The van der Waals surface area contributed by atoms with Gasteiger partial charge in [-0.1, -0.05) is 0 Å². The van der Waals surface area contributed by atoms with Gasteiger partial charge in [0.05, 0.1) is 5.69 Å². The number of nitrogens with one attached hydrogen (secondary N) is 1. The van der Waals surface area contributed by atoms with E-state index in [0.717, 1.165) is 32.7 Å². The average Bonchev–Trinajstić information content (AvgIpc) is 2.47. The maximum atomic E-state index is 4.46. The quantitative estimate of drug-likeness (QED) is 0.726. The molecule has 2 heterocycles. The first-order valence-corrected chi connectivity index (χ1v) is 5.18. The van der Waals surface area contributed by atoms with Crippen molar-refractivity contribution in [2.45, 2.75) is 13.5 Å². The molecule has 4 heteroatoms. The van der Waals surface area contributed by atoms with Crippen LogP contribution in [0.3, 0.4) is 0 Å². The summed E-state index contributed by atoms with van der Waals surface area (Å²) >= 11 is 0. The highest BCUT2D eigenvalue weighted by Crippen LogP contribution is 2.05. The van der Waals surface area contributed by atoms with Crippen LogP contribution in [0.15, 0.2) is 6.07 Å². The molecule has 1 aliphatic rings. The fraction of sp³-hybridized carbons (Fsp3) is 0.700. The van der Waals surface area contributed by atoms with Crippen LogP contribution in [-0.4, -0.2) is 40.9 Å². The Labute approximate surface area is 84.9 Å². The molecule has 14 heavy (non-hydrogen) atoms. The van der Waals surface area contributed by atoms with Crippen molar-refractivity contribution in [3.05, 3.63) is 17.5 Å². The summed E-state index contributed by atoms with van der Waals surface area (Å²) in [6.45, 7) is 7.56. The largest absolute Gasteiger partial charge is 0.314 e. The van der Waals surface area contributed by atoms with E-state index in [1.165, 1.54) is 11.4 Å². The van der Waals surface area contributed by atoms with E-state index in [-0.39, 0.29) is 0 Å². The van der Waals surface area contributed by atoms with Crippen LogP contribution in [0.2, 0.25) is 0 Å². The van der Waals surface area contributed by atoms with Crippen LogP contribution >= 0.6 is 0 Å². The molecular formula is C10H18N4. The predicted octanol–water partition coefficient (Wildman–Crippen LogP) is 0.134. The van der Waals surface area contributed by atoms with Gasteiger partial charge in [-0.25, -0.2) is 0 Å². The van der Waals surface area contributed by atoms with Gasteiger partial charge in [-0.15, -0.1) is 0 Å². The fourth-order valence-electron chi connectivity index (χ4n) is 1.81. The monoisotopic (exact) mass is 194 g/mol. The van der Waals surface area contributed by atoms with Crippen molar-refractivity contribution in [3.8, 4) is 0 Å². The number of piperazine rings is 1. The van der Waals surface area contributed by atoms with Gasteiger partial charge in [0.15, 0.2) is 0 Å². The molecule has 0 bridgehead atoms. The molecule has 0 spiro atoms. The zero-order chi connectivity index (χ0) is 9.97. The Morgan fingerprint density at radius 1 is 1.43 bits per heavy atom. The van der Waals surface area contributed by atoms with E-state index < -0.39 is 0 Å². The van der Waals surface area contributed by atoms with E-state index in [4.69, 9.17) is 0 Å². The Balaban J connectivity index is 1.95. The highest BCUT2D eigenvalue weighted by atomic mass is 15.3. The molecule has 78 valence electrons. The number of aromatic nitrogens is 2. The van der Waals surface area contributed by atoms with Crippen LogP contribution in [0, 0.1) is 6.92 Å². The molecule has 1 aliphatic heterocycles. The zero-order valence-corrected chi connectivity index (χ0v) is 8.95. The highest BCUT2D eigenvalue weighted by molar-refractivity contribution is 5.08. The minimum atomic E-state index is 0.989. The van der Waals surface area contributed by atoms with Crippen LogP contribution in [0.1, 0.15) is 11.4 Å². The molecule has 1 aromatic rings. The topological polar surface area (TPSA) is 33.1 Å². The lowest BCUT2D eigenvalue weighted by molar-refractivity contribution is 0.230. The molecular weight excluding hydrogens is 176 g/mol. The summed E-state index contributed by atoms with van der Waals surface area (Å²) in [7, 11) is 2.00. The van der Waals surface area contributed by atoms with Crippen molar-refractivity contribution in [3.63, 3.8) is 0 Å². The first-order chi connectivity index (χ1) is 6.75. The summed E-state index contributed by atoms with van der Waals surface area (Å²) in [6.07, 6.45) is 0. The Hall–Kier alpha value is -0.870. The second-order valence-electron chi connectivity index (χ2n) is 3.93. The minimum absolute atomic E-state index is 0.989. The van der Waals surface area contributed by atoms with Gasteiger partial charge in [-0.05, 0) is 13.0 Å². The number of nitrogens with zero attached hydrogens (tertiary/aromatic N) is 3. The molecule has 1 fully saturated rings. The van der Waals surface area contributed by atoms with Crippen LogP contribution in [-0.2, 0) is 13.6 Å². The molecule has 0 unspecified atom stereocenters. The summed E-state index contributed by atoms with van der Waals surface area (Å²) < 4.78 is 1.94. The number of hydrogen-bond acceptors (Lipinski definition) is 3. The summed E-state index contributed by atoms with van der Waals surface area (Å²) in [6, 6.07) is 2.17. The van der Waals surface area contributed by atoms with Gasteiger partial charge < -0.3 is 5.32 Å². The Kier molecular flexibility index (Phi) is 2.84. The minimum Gasteiger partial charge on any atom is -0.314 e. The van der Waals surface area contributed by atoms with E-state index in [2.05, 4.69) is 28.3 Å². The van der Waals surface area contributed by atoms with Gasteiger partial charge in [0, 0.05) is 45.5 Å². The molecule has 1 saturated heterocycles. The molecule has 1 N–H and O–H groups in total. The number of aryl methyl sites for hydroxylation is 2. The van der Waals surface area contributed by atoms with Gasteiger partial charge in [0.2, 0.25) is 0 Å². The molecule has 1 aromatic heterocycles.